The average molecular weight is 541 g/mol. The summed E-state index contributed by atoms with van der Waals surface area (Å²) >= 11 is 0. The molecule has 0 radical (unpaired) electrons. The molecule has 0 heteroatoms. The molecule has 0 aliphatic heterocycles. The molecule has 0 N–H and O–H groups in total. The van der Waals surface area contributed by atoms with Gasteiger partial charge < -0.3 is 0 Å². The maximum Gasteiger partial charge on any atom is 0.0635 e. The maximum absolute atomic E-state index is 2.49. The summed E-state index contributed by atoms with van der Waals surface area (Å²) in [5.74, 6) is 0. The monoisotopic (exact) mass is 540 g/mol. The Hall–Kier alpha value is -4.42. The van der Waals surface area contributed by atoms with Crippen LogP contribution in [-0.2, 0) is 23.7 Å². The maximum atomic E-state index is 2.49. The van der Waals surface area contributed by atoms with Crippen LogP contribution in [-0.4, -0.2) is 0 Å². The van der Waals surface area contributed by atoms with E-state index in [9.17, 15) is 0 Å². The van der Waals surface area contributed by atoms with Crippen molar-refractivity contribution >= 4 is 10.8 Å². The number of hydrogen-bond donors (Lipinski definition) is 0. The molecule has 8 rings (SSSR count). The van der Waals surface area contributed by atoms with Gasteiger partial charge in [-0.1, -0.05) is 144 Å². The zero-order valence-electron chi connectivity index (χ0n) is 25.0. The van der Waals surface area contributed by atoms with Gasteiger partial charge in [-0.15, -0.1) is 0 Å². The van der Waals surface area contributed by atoms with Crippen LogP contribution < -0.4 is 0 Å². The van der Waals surface area contributed by atoms with Crippen LogP contribution in [0.2, 0.25) is 0 Å². The van der Waals surface area contributed by atoms with Crippen LogP contribution in [0.3, 0.4) is 0 Å². The molecule has 42 heavy (non-hydrogen) atoms. The van der Waals surface area contributed by atoms with Gasteiger partial charge >= 0.3 is 0 Å². The van der Waals surface area contributed by atoms with E-state index < -0.39 is 10.8 Å². The third kappa shape index (κ3) is 3.18. The minimum Gasteiger partial charge on any atom is -0.0617 e. The molecular weight excluding hydrogens is 504 g/mol. The molecule has 0 saturated heterocycles. The third-order valence-electron chi connectivity index (χ3n) is 10.2. The van der Waals surface area contributed by atoms with E-state index in [1.54, 1.807) is 0 Å². The average Bonchev–Trinajstić information content (AvgIpc) is 3.52. The highest BCUT2D eigenvalue weighted by atomic mass is 14.6. The van der Waals surface area contributed by atoms with Crippen LogP contribution in [0, 0.1) is 27.7 Å². The Bertz CT molecular complexity index is 1800. The largest absolute Gasteiger partial charge is 0.0635 e. The first-order valence-corrected chi connectivity index (χ1v) is 15.3. The van der Waals surface area contributed by atoms with Crippen molar-refractivity contribution in [1.82, 2.24) is 0 Å². The van der Waals surface area contributed by atoms with Crippen LogP contribution in [0.25, 0.3) is 10.8 Å². The molecule has 2 aliphatic rings. The summed E-state index contributed by atoms with van der Waals surface area (Å²) in [4.78, 5) is 0. The second kappa shape index (κ2) is 9.04. The first-order chi connectivity index (χ1) is 20.4. The Morgan fingerprint density at radius 1 is 0.381 bits per heavy atom. The summed E-state index contributed by atoms with van der Waals surface area (Å²) in [6.07, 6.45) is 2.25. The van der Waals surface area contributed by atoms with Crippen LogP contribution in [0.4, 0.5) is 0 Å². The lowest BCUT2D eigenvalue weighted by atomic mass is 9.50. The topological polar surface area (TPSA) is 0 Å². The van der Waals surface area contributed by atoms with Crippen molar-refractivity contribution in [2.45, 2.75) is 51.4 Å². The van der Waals surface area contributed by atoms with E-state index in [1.165, 1.54) is 77.5 Å². The van der Waals surface area contributed by atoms with Crippen molar-refractivity contribution in [2.24, 2.45) is 0 Å². The highest BCUT2D eigenvalue weighted by molar-refractivity contribution is 6.03. The van der Waals surface area contributed by atoms with Crippen molar-refractivity contribution in [3.05, 3.63) is 188 Å². The summed E-state index contributed by atoms with van der Waals surface area (Å²) in [6, 6.07) is 47.3. The fourth-order valence-corrected chi connectivity index (χ4v) is 8.69. The van der Waals surface area contributed by atoms with Gasteiger partial charge in [-0.2, -0.15) is 0 Å². The predicted octanol–water partition coefficient (Wildman–Crippen LogP) is 9.85. The number of hydrogen-bond acceptors (Lipinski definition) is 0. The van der Waals surface area contributed by atoms with Crippen molar-refractivity contribution in [3.8, 4) is 0 Å². The Labute approximate surface area is 249 Å². The molecule has 2 aliphatic carbocycles. The van der Waals surface area contributed by atoms with Gasteiger partial charge in [-0.05, 0) is 95.8 Å². The minimum absolute atomic E-state index is 0.491. The molecule has 0 fully saturated rings. The Balaban J connectivity index is 1.71. The Morgan fingerprint density at radius 2 is 0.714 bits per heavy atom. The van der Waals surface area contributed by atoms with Gasteiger partial charge in [-0.3, -0.25) is 0 Å². The molecule has 0 aromatic heterocycles. The normalized spacial score (nSPS) is 15.8. The molecule has 0 amide bonds. The first kappa shape index (κ1) is 25.3. The van der Waals surface area contributed by atoms with E-state index >= 15 is 0 Å². The van der Waals surface area contributed by atoms with Gasteiger partial charge in [0.2, 0.25) is 0 Å². The highest BCUT2D eigenvalue weighted by Gasteiger charge is 2.62. The lowest BCUT2D eigenvalue weighted by Crippen LogP contribution is -2.49. The van der Waals surface area contributed by atoms with E-state index in [0.717, 1.165) is 12.8 Å². The van der Waals surface area contributed by atoms with E-state index in [-0.39, 0.29) is 0 Å². The van der Waals surface area contributed by atoms with Gasteiger partial charge in [-0.25, -0.2) is 0 Å². The molecule has 0 unspecified atom stereocenters. The number of benzene rings is 6. The van der Waals surface area contributed by atoms with Crippen LogP contribution in [0.5, 0.6) is 0 Å². The zero-order valence-corrected chi connectivity index (χ0v) is 25.0. The second-order valence-corrected chi connectivity index (χ2v) is 12.8. The van der Waals surface area contributed by atoms with E-state index in [2.05, 4.69) is 149 Å². The fourth-order valence-electron chi connectivity index (χ4n) is 8.69. The third-order valence-corrected chi connectivity index (χ3v) is 10.2. The summed E-state index contributed by atoms with van der Waals surface area (Å²) in [5.41, 5.74) is 15.4. The molecule has 6 aromatic carbocycles. The molecule has 6 aromatic rings. The quantitative estimate of drug-likeness (QED) is 0.209. The Kier molecular flexibility index (Phi) is 5.44. The lowest BCUT2D eigenvalue weighted by molar-refractivity contribution is 0.441. The lowest BCUT2D eigenvalue weighted by Gasteiger charge is -2.50. The predicted molar refractivity (Wildman–Crippen MR) is 176 cm³/mol. The fraction of sp³-hybridized carbons (Fsp3) is 0.190. The van der Waals surface area contributed by atoms with Crippen LogP contribution >= 0.6 is 0 Å². The van der Waals surface area contributed by atoms with Gasteiger partial charge in [0.25, 0.3) is 0 Å². The standard InChI is InChI=1S/C42H36/c1-27-9-5-13-33(23-27)41(34-14-6-10-28(2)24-34)37-21-19-31-17-18-32-20-22-38(40(37)39(31)32)42(41,35-15-7-11-29(3)25-35)36-16-8-12-30(4)26-36/h5-16,19-26H,17-18H2,1-4H3. The van der Waals surface area contributed by atoms with Gasteiger partial charge in [0.1, 0.15) is 0 Å². The van der Waals surface area contributed by atoms with Crippen LogP contribution in [0.15, 0.2) is 121 Å². The number of rotatable bonds is 4. The molecule has 0 spiro atoms. The van der Waals surface area contributed by atoms with E-state index in [4.69, 9.17) is 0 Å². The molecule has 0 bridgehead atoms. The van der Waals surface area contributed by atoms with Gasteiger partial charge in [0, 0.05) is 0 Å². The molecule has 204 valence electrons. The smallest absolute Gasteiger partial charge is 0.0617 e. The summed E-state index contributed by atoms with van der Waals surface area (Å²) in [5, 5.41) is 2.96. The highest BCUT2D eigenvalue weighted by Crippen LogP contribution is 2.67. The Morgan fingerprint density at radius 3 is 1.02 bits per heavy atom. The van der Waals surface area contributed by atoms with Crippen molar-refractivity contribution in [3.63, 3.8) is 0 Å². The molecule has 0 atom stereocenters. The van der Waals surface area contributed by atoms with Gasteiger partial charge in [0.05, 0.1) is 10.8 Å². The molecule has 0 saturated carbocycles. The summed E-state index contributed by atoms with van der Waals surface area (Å²) < 4.78 is 0. The minimum atomic E-state index is -0.491. The zero-order chi connectivity index (χ0) is 28.6. The summed E-state index contributed by atoms with van der Waals surface area (Å²) in [7, 11) is 0. The SMILES string of the molecule is Cc1cccc(C2(c3cccc(C)c3)c3ccc4c5c(ccc(c35)C2(c2cccc(C)c2)c2cccc(C)c2)CC4)c1. The molecule has 0 heterocycles. The molecule has 0 nitrogen and oxygen atoms in total. The van der Waals surface area contributed by atoms with Crippen LogP contribution in [0.1, 0.15) is 66.8 Å². The van der Waals surface area contributed by atoms with Crippen molar-refractivity contribution in [2.75, 3.05) is 0 Å². The summed E-state index contributed by atoms with van der Waals surface area (Å²) in [6.45, 7) is 8.95. The van der Waals surface area contributed by atoms with Crippen molar-refractivity contribution < 1.29 is 0 Å². The van der Waals surface area contributed by atoms with Crippen molar-refractivity contribution in [1.29, 1.82) is 0 Å². The number of aryl methyl sites for hydroxylation is 6. The van der Waals surface area contributed by atoms with E-state index in [1.807, 2.05) is 0 Å². The van der Waals surface area contributed by atoms with Gasteiger partial charge in [0.15, 0.2) is 0 Å². The molecular formula is C42H36. The second-order valence-electron chi connectivity index (χ2n) is 12.8. The van der Waals surface area contributed by atoms with E-state index in [0.29, 0.717) is 0 Å². The first-order valence-electron chi connectivity index (χ1n) is 15.3.